The van der Waals surface area contributed by atoms with Crippen LogP contribution in [0.5, 0.6) is 0 Å². The Bertz CT molecular complexity index is 1310. The zero-order valence-corrected chi connectivity index (χ0v) is 15.0. The molecule has 5 heteroatoms. The summed E-state index contributed by atoms with van der Waals surface area (Å²) in [7, 11) is 0. The molecule has 2 aromatic heterocycles. The quantitative estimate of drug-likeness (QED) is 0.462. The highest BCUT2D eigenvalue weighted by molar-refractivity contribution is 5.90. The van der Waals surface area contributed by atoms with Crippen LogP contribution in [0, 0.1) is 0 Å². The van der Waals surface area contributed by atoms with Crippen LogP contribution in [0.15, 0.2) is 85.2 Å². The van der Waals surface area contributed by atoms with Crippen LogP contribution in [0.25, 0.3) is 32.8 Å². The van der Waals surface area contributed by atoms with E-state index in [-0.39, 0.29) is 5.95 Å². The molecule has 0 atom stereocenters. The minimum Gasteiger partial charge on any atom is -0.368 e. The van der Waals surface area contributed by atoms with E-state index in [9.17, 15) is 0 Å². The zero-order valence-electron chi connectivity index (χ0n) is 15.0. The lowest BCUT2D eigenvalue weighted by Gasteiger charge is -2.12. The maximum Gasteiger partial charge on any atom is 0.221 e. The van der Waals surface area contributed by atoms with E-state index in [4.69, 9.17) is 5.73 Å². The van der Waals surface area contributed by atoms with Crippen molar-refractivity contribution < 1.29 is 0 Å². The highest BCUT2D eigenvalue weighted by atomic mass is 15.1. The summed E-state index contributed by atoms with van der Waals surface area (Å²) in [4.78, 5) is 13.1. The Morgan fingerprint density at radius 1 is 0.714 bits per heavy atom. The smallest absolute Gasteiger partial charge is 0.221 e. The molecule has 0 bridgehead atoms. The summed E-state index contributed by atoms with van der Waals surface area (Å²) in [5.41, 5.74) is 9.56. The summed E-state index contributed by atoms with van der Waals surface area (Å²) >= 11 is 0. The van der Waals surface area contributed by atoms with Crippen molar-refractivity contribution in [2.24, 2.45) is 0 Å². The van der Waals surface area contributed by atoms with Gasteiger partial charge in [-0.25, -0.2) is 4.98 Å². The minimum absolute atomic E-state index is 0.223. The second kappa shape index (κ2) is 6.63. The Kier molecular flexibility index (Phi) is 3.84. The highest BCUT2D eigenvalue weighted by Crippen LogP contribution is 2.31. The van der Waals surface area contributed by atoms with Crippen molar-refractivity contribution in [3.63, 3.8) is 0 Å². The van der Waals surface area contributed by atoms with E-state index in [0.717, 1.165) is 33.1 Å². The Morgan fingerprint density at radius 3 is 2.39 bits per heavy atom. The number of nitrogens with zero attached hydrogens (tertiary/aromatic N) is 3. The van der Waals surface area contributed by atoms with Gasteiger partial charge in [0.05, 0.1) is 17.4 Å². The maximum absolute atomic E-state index is 5.86. The lowest BCUT2D eigenvalue weighted by Crippen LogP contribution is -2.02. The molecule has 0 aliphatic carbocycles. The molecule has 0 unspecified atom stereocenters. The third-order valence-corrected chi connectivity index (χ3v) is 4.72. The topological polar surface area (TPSA) is 76.7 Å². The van der Waals surface area contributed by atoms with Gasteiger partial charge in [0.1, 0.15) is 5.82 Å². The first-order valence-electron chi connectivity index (χ1n) is 9.00. The molecule has 28 heavy (non-hydrogen) atoms. The van der Waals surface area contributed by atoms with Gasteiger partial charge < -0.3 is 11.1 Å². The molecule has 134 valence electrons. The molecule has 0 spiro atoms. The van der Waals surface area contributed by atoms with Gasteiger partial charge in [-0.1, -0.05) is 54.6 Å². The number of benzene rings is 3. The van der Waals surface area contributed by atoms with Gasteiger partial charge in [0.15, 0.2) is 0 Å². The van der Waals surface area contributed by atoms with Crippen molar-refractivity contribution in [2.75, 3.05) is 11.1 Å². The molecule has 3 aromatic carbocycles. The van der Waals surface area contributed by atoms with E-state index in [1.807, 2.05) is 42.5 Å². The number of hydrogen-bond acceptors (Lipinski definition) is 5. The lowest BCUT2D eigenvalue weighted by molar-refractivity contribution is 1.18. The molecule has 5 rings (SSSR count). The van der Waals surface area contributed by atoms with Gasteiger partial charge >= 0.3 is 0 Å². The number of nitrogen functional groups attached to an aromatic ring is 1. The molecule has 2 heterocycles. The summed E-state index contributed by atoms with van der Waals surface area (Å²) in [5, 5.41) is 6.77. The predicted molar refractivity (Wildman–Crippen MR) is 114 cm³/mol. The maximum atomic E-state index is 5.86. The van der Waals surface area contributed by atoms with Crippen molar-refractivity contribution in [3.8, 4) is 11.1 Å². The molecule has 0 saturated carbocycles. The monoisotopic (exact) mass is 363 g/mol. The number of rotatable bonds is 3. The fraction of sp³-hybridized carbons (Fsp3) is 0. The van der Waals surface area contributed by atoms with Crippen LogP contribution in [0.3, 0.4) is 0 Å². The van der Waals surface area contributed by atoms with E-state index < -0.39 is 0 Å². The van der Waals surface area contributed by atoms with Crippen LogP contribution in [0.1, 0.15) is 0 Å². The van der Waals surface area contributed by atoms with Crippen molar-refractivity contribution in [1.82, 2.24) is 15.0 Å². The normalized spacial score (nSPS) is 11.0. The number of nitrogens with one attached hydrogen (secondary N) is 1. The summed E-state index contributed by atoms with van der Waals surface area (Å²) in [6.07, 6.45) is 3.55. The van der Waals surface area contributed by atoms with Crippen LogP contribution < -0.4 is 11.1 Å². The van der Waals surface area contributed by atoms with Crippen LogP contribution in [0.4, 0.5) is 17.5 Å². The largest absolute Gasteiger partial charge is 0.368 e. The second-order valence-electron chi connectivity index (χ2n) is 6.59. The van der Waals surface area contributed by atoms with E-state index in [1.165, 1.54) is 5.39 Å². The highest BCUT2D eigenvalue weighted by Gasteiger charge is 2.10. The van der Waals surface area contributed by atoms with Gasteiger partial charge in [-0.2, -0.15) is 4.98 Å². The third kappa shape index (κ3) is 2.99. The Labute approximate surface area is 161 Å². The van der Waals surface area contributed by atoms with Crippen LogP contribution in [-0.2, 0) is 0 Å². The number of anilines is 3. The SMILES string of the molecule is Nc1ncc(-c2ccc3ccccc3c2)c(Nc2cnc3ccccc3c2)n1. The molecular formula is C23H17N5. The number of nitrogens with two attached hydrogens (primary N) is 1. The average molecular weight is 363 g/mol. The number of hydrogen-bond donors (Lipinski definition) is 2. The summed E-state index contributed by atoms with van der Waals surface area (Å²) in [6, 6.07) is 24.6. The fourth-order valence-electron chi connectivity index (χ4n) is 3.33. The number of fused-ring (bicyclic) bond motifs is 2. The molecule has 0 saturated heterocycles. The zero-order chi connectivity index (χ0) is 18.9. The van der Waals surface area contributed by atoms with Gasteiger partial charge in [0.2, 0.25) is 5.95 Å². The van der Waals surface area contributed by atoms with Crippen molar-refractivity contribution in [1.29, 1.82) is 0 Å². The molecular weight excluding hydrogens is 346 g/mol. The van der Waals surface area contributed by atoms with E-state index >= 15 is 0 Å². The Morgan fingerprint density at radius 2 is 1.50 bits per heavy atom. The molecule has 0 radical (unpaired) electrons. The first-order chi connectivity index (χ1) is 13.8. The fourth-order valence-corrected chi connectivity index (χ4v) is 3.33. The van der Waals surface area contributed by atoms with Crippen LogP contribution >= 0.6 is 0 Å². The van der Waals surface area contributed by atoms with Crippen molar-refractivity contribution in [3.05, 3.63) is 85.2 Å². The summed E-state index contributed by atoms with van der Waals surface area (Å²) < 4.78 is 0. The van der Waals surface area contributed by atoms with Gasteiger partial charge in [-0.15, -0.1) is 0 Å². The standard InChI is InChI=1S/C23H17N5/c24-23-26-14-20(17-10-9-15-5-1-2-6-16(15)11-17)22(28-23)27-19-12-18-7-3-4-8-21(18)25-13-19/h1-14H,(H3,24,26,27,28). The minimum atomic E-state index is 0.223. The van der Waals surface area contributed by atoms with Gasteiger partial charge in [0.25, 0.3) is 0 Å². The predicted octanol–water partition coefficient (Wildman–Crippen LogP) is 5.17. The molecule has 0 aliphatic heterocycles. The summed E-state index contributed by atoms with van der Waals surface area (Å²) in [6.45, 7) is 0. The first-order valence-corrected chi connectivity index (χ1v) is 9.00. The number of pyridine rings is 1. The lowest BCUT2D eigenvalue weighted by atomic mass is 10.0. The van der Waals surface area contributed by atoms with Gasteiger partial charge in [-0.3, -0.25) is 4.98 Å². The van der Waals surface area contributed by atoms with E-state index in [2.05, 4.69) is 50.6 Å². The van der Waals surface area contributed by atoms with Crippen LogP contribution in [-0.4, -0.2) is 15.0 Å². The number of aromatic nitrogens is 3. The Balaban J connectivity index is 1.59. The first kappa shape index (κ1) is 16.2. The van der Waals surface area contributed by atoms with Gasteiger partial charge in [-0.05, 0) is 34.5 Å². The van der Waals surface area contributed by atoms with E-state index in [0.29, 0.717) is 5.82 Å². The van der Waals surface area contributed by atoms with Gasteiger partial charge in [0, 0.05) is 17.1 Å². The Hall–Kier alpha value is -3.99. The van der Waals surface area contributed by atoms with Crippen molar-refractivity contribution >= 4 is 39.1 Å². The molecule has 5 aromatic rings. The van der Waals surface area contributed by atoms with Crippen LogP contribution in [0.2, 0.25) is 0 Å². The molecule has 0 fully saturated rings. The molecule has 0 aliphatic rings. The molecule has 3 N–H and O–H groups in total. The molecule has 5 nitrogen and oxygen atoms in total. The number of para-hydroxylation sites is 1. The third-order valence-electron chi connectivity index (χ3n) is 4.72. The second-order valence-corrected chi connectivity index (χ2v) is 6.59. The van der Waals surface area contributed by atoms with E-state index in [1.54, 1.807) is 12.4 Å². The van der Waals surface area contributed by atoms with Crippen molar-refractivity contribution in [2.45, 2.75) is 0 Å². The summed E-state index contributed by atoms with van der Waals surface area (Å²) in [5.74, 6) is 0.876. The molecule has 0 amide bonds. The average Bonchev–Trinajstić information content (AvgIpc) is 2.73.